The molecule has 0 rings (SSSR count). The van der Waals surface area contributed by atoms with Gasteiger partial charge < -0.3 is 5.73 Å². The van der Waals surface area contributed by atoms with E-state index in [0.29, 0.717) is 6.42 Å². The summed E-state index contributed by atoms with van der Waals surface area (Å²) in [6, 6.07) is 0. The first-order chi connectivity index (χ1) is 4.04. The van der Waals surface area contributed by atoms with Gasteiger partial charge in [0.2, 0.25) is 5.91 Å². The highest BCUT2D eigenvalue weighted by Crippen LogP contribution is 2.03. The van der Waals surface area contributed by atoms with Crippen molar-refractivity contribution >= 4 is 5.91 Å². The lowest BCUT2D eigenvalue weighted by atomic mass is 10.1. The van der Waals surface area contributed by atoms with Gasteiger partial charge in [-0.1, -0.05) is 20.2 Å². The molecule has 0 aliphatic heterocycles. The molecule has 0 aromatic carbocycles. The topological polar surface area (TPSA) is 43.1 Å². The minimum absolute atomic E-state index is 0.0856. The van der Waals surface area contributed by atoms with E-state index in [2.05, 4.69) is 0 Å². The summed E-state index contributed by atoms with van der Waals surface area (Å²) < 4.78 is 7.17. The lowest BCUT2D eigenvalue weighted by molar-refractivity contribution is -0.118. The van der Waals surface area contributed by atoms with Crippen molar-refractivity contribution in [3.63, 3.8) is 0 Å². The Kier molecular flexibility index (Phi) is 2.43. The molecule has 2 atom stereocenters. The van der Waals surface area contributed by atoms with Crippen molar-refractivity contribution in [2.45, 2.75) is 26.7 Å². The predicted molar refractivity (Wildman–Crippen MR) is 33.3 cm³/mol. The molecule has 8 heavy (non-hydrogen) atoms. The number of nitrogens with two attached hydrogens (primary N) is 1. The first kappa shape index (κ1) is 5.60. The van der Waals surface area contributed by atoms with E-state index in [4.69, 9.17) is 7.10 Å². The van der Waals surface area contributed by atoms with Gasteiger partial charge in [0, 0.05) is 7.79 Å². The molecule has 2 N–H and O–H groups in total. The van der Waals surface area contributed by atoms with Gasteiger partial charge in [0.1, 0.15) is 0 Å². The van der Waals surface area contributed by atoms with Crippen molar-refractivity contribution < 1.29 is 6.17 Å². The standard InChI is InChI=1S/C6H13NO/c1-3-5(2)4-6(7)8/h5H,3-4H2,1-2H3,(H2,7,8)/t5-/m1/s1/i3D/t3-,5+/m0. The molecule has 0 saturated carbocycles. The van der Waals surface area contributed by atoms with Crippen LogP contribution in [0.1, 0.15) is 28.0 Å². The van der Waals surface area contributed by atoms with Crippen LogP contribution < -0.4 is 5.73 Å². The van der Waals surface area contributed by atoms with Crippen LogP contribution in [-0.4, -0.2) is 5.91 Å². The number of amides is 1. The van der Waals surface area contributed by atoms with Crippen molar-refractivity contribution in [3.8, 4) is 0 Å². The molecule has 0 saturated heterocycles. The molecule has 0 bridgehead atoms. The van der Waals surface area contributed by atoms with Crippen LogP contribution in [0, 0.1) is 5.92 Å². The first-order valence-electron chi connectivity index (χ1n) is 3.32. The van der Waals surface area contributed by atoms with Crippen molar-refractivity contribution in [2.24, 2.45) is 11.7 Å². The Balaban J connectivity index is 3.50. The maximum atomic E-state index is 10.3. The Morgan fingerprint density at radius 3 is 2.62 bits per heavy atom. The van der Waals surface area contributed by atoms with Gasteiger partial charge in [-0.3, -0.25) is 4.79 Å². The molecule has 2 nitrogen and oxygen atoms in total. The van der Waals surface area contributed by atoms with Crippen molar-refractivity contribution in [1.29, 1.82) is 0 Å². The molecule has 0 aliphatic rings. The first-order valence-corrected chi connectivity index (χ1v) is 2.74. The normalized spacial score (nSPS) is 19.0. The van der Waals surface area contributed by atoms with Crippen LogP contribution in [0.15, 0.2) is 0 Å². The number of carbonyl (C=O) groups is 1. The Bertz CT molecular complexity index is 103. The number of carbonyl (C=O) groups excluding carboxylic acids is 1. The third-order valence-electron chi connectivity index (χ3n) is 1.09. The van der Waals surface area contributed by atoms with E-state index in [9.17, 15) is 4.79 Å². The van der Waals surface area contributed by atoms with E-state index in [1.165, 1.54) is 0 Å². The van der Waals surface area contributed by atoms with Gasteiger partial charge in [0.15, 0.2) is 0 Å². The second kappa shape index (κ2) is 3.47. The third kappa shape index (κ3) is 3.65. The minimum Gasteiger partial charge on any atom is -0.370 e. The number of hydrogen-bond donors (Lipinski definition) is 1. The lowest BCUT2D eigenvalue weighted by Crippen LogP contribution is -2.13. The van der Waals surface area contributed by atoms with Gasteiger partial charge >= 0.3 is 0 Å². The Hall–Kier alpha value is -0.530. The molecule has 1 amide bonds. The summed E-state index contributed by atoms with van der Waals surface area (Å²) in [6.07, 6.45) is 0.127. The third-order valence-corrected chi connectivity index (χ3v) is 1.09. The van der Waals surface area contributed by atoms with E-state index < -0.39 is 0 Å². The fraction of sp³-hybridized carbons (Fsp3) is 0.833. The molecule has 0 aromatic heterocycles. The number of primary amides is 1. The van der Waals surface area contributed by atoms with Gasteiger partial charge in [-0.15, -0.1) is 0 Å². The van der Waals surface area contributed by atoms with Crippen LogP contribution in [0.5, 0.6) is 0 Å². The fourth-order valence-electron chi connectivity index (χ4n) is 0.435. The summed E-state index contributed by atoms with van der Waals surface area (Å²) >= 11 is 0. The maximum Gasteiger partial charge on any atom is 0.217 e. The average molecular weight is 116 g/mol. The summed E-state index contributed by atoms with van der Waals surface area (Å²) in [4.78, 5) is 10.3. The van der Waals surface area contributed by atoms with Crippen molar-refractivity contribution in [2.75, 3.05) is 0 Å². The van der Waals surface area contributed by atoms with Crippen LogP contribution in [0.2, 0.25) is 0 Å². The monoisotopic (exact) mass is 116 g/mol. The van der Waals surface area contributed by atoms with Gasteiger partial charge in [-0.25, -0.2) is 0 Å². The second-order valence-electron chi connectivity index (χ2n) is 1.98. The molecule has 0 heterocycles. The maximum absolute atomic E-state index is 10.3. The molecule has 0 radical (unpaired) electrons. The zero-order valence-corrected chi connectivity index (χ0v) is 5.35. The highest BCUT2D eigenvalue weighted by Gasteiger charge is 2.00. The SMILES string of the molecule is [2H][C@@H](C)[C@@H](C)CC(N)=O. The van der Waals surface area contributed by atoms with Crippen LogP contribution in [0.4, 0.5) is 0 Å². The number of hydrogen-bond acceptors (Lipinski definition) is 1. The van der Waals surface area contributed by atoms with E-state index in [-0.39, 0.29) is 18.2 Å². The molecule has 0 aromatic rings. The molecular weight excluding hydrogens is 102 g/mol. The van der Waals surface area contributed by atoms with Crippen LogP contribution in [0.3, 0.4) is 0 Å². The Labute approximate surface area is 51.5 Å². The van der Waals surface area contributed by atoms with Gasteiger partial charge in [0.05, 0.1) is 0 Å². The summed E-state index contributed by atoms with van der Waals surface area (Å²) in [5.74, 6) is -0.232. The van der Waals surface area contributed by atoms with E-state index in [1.807, 2.05) is 6.92 Å². The summed E-state index contributed by atoms with van der Waals surface area (Å²) in [7, 11) is 0. The summed E-state index contributed by atoms with van der Waals surface area (Å²) in [5.41, 5.74) is 4.91. The lowest BCUT2D eigenvalue weighted by Gasteiger charge is -2.01. The molecule has 0 spiro atoms. The van der Waals surface area contributed by atoms with E-state index >= 15 is 0 Å². The van der Waals surface area contributed by atoms with Gasteiger partial charge in [-0.05, 0) is 5.92 Å². The minimum atomic E-state index is -0.318. The van der Waals surface area contributed by atoms with Crippen molar-refractivity contribution in [3.05, 3.63) is 0 Å². The molecule has 0 unspecified atom stereocenters. The Morgan fingerprint density at radius 1 is 2.00 bits per heavy atom. The largest absolute Gasteiger partial charge is 0.370 e. The van der Waals surface area contributed by atoms with Crippen LogP contribution >= 0.6 is 0 Å². The number of rotatable bonds is 3. The fourth-order valence-corrected chi connectivity index (χ4v) is 0.435. The molecule has 0 aliphatic carbocycles. The highest BCUT2D eigenvalue weighted by molar-refractivity contribution is 5.73. The van der Waals surface area contributed by atoms with Gasteiger partial charge in [-0.2, -0.15) is 0 Å². The van der Waals surface area contributed by atoms with Gasteiger partial charge in [0.25, 0.3) is 0 Å². The zero-order chi connectivity index (χ0) is 7.44. The summed E-state index contributed by atoms with van der Waals surface area (Å²) in [6.45, 7) is 3.61. The molecule has 2 heteroatoms. The Morgan fingerprint density at radius 2 is 2.50 bits per heavy atom. The predicted octanol–water partition coefficient (Wildman–Crippen LogP) is 0.908. The highest BCUT2D eigenvalue weighted by atomic mass is 16.1. The second-order valence-corrected chi connectivity index (χ2v) is 1.98. The smallest absolute Gasteiger partial charge is 0.217 e. The van der Waals surface area contributed by atoms with Crippen molar-refractivity contribution in [1.82, 2.24) is 0 Å². The average Bonchev–Trinajstić information content (AvgIpc) is 1.63. The van der Waals surface area contributed by atoms with E-state index in [0.717, 1.165) is 0 Å². The molecule has 48 valence electrons. The molecular formula is C6H13NO. The summed E-state index contributed by atoms with van der Waals surface area (Å²) in [5, 5.41) is 0. The zero-order valence-electron chi connectivity index (χ0n) is 6.35. The van der Waals surface area contributed by atoms with E-state index in [1.54, 1.807) is 6.92 Å². The molecule has 0 fully saturated rings. The van der Waals surface area contributed by atoms with Crippen LogP contribution in [0.25, 0.3) is 0 Å². The quantitative estimate of drug-likeness (QED) is 0.585. The van der Waals surface area contributed by atoms with Crippen LogP contribution in [-0.2, 0) is 4.79 Å².